The molecule has 6 nitrogen and oxygen atoms in total. The van der Waals surface area contributed by atoms with Crippen LogP contribution in [-0.2, 0) is 14.8 Å². The van der Waals surface area contributed by atoms with Gasteiger partial charge >= 0.3 is 0 Å². The normalized spacial score (nSPS) is 26.8. The highest BCUT2D eigenvalue weighted by atomic mass is 32.2. The van der Waals surface area contributed by atoms with Gasteiger partial charge in [-0.05, 0) is 43.2 Å². The molecule has 2 heterocycles. The van der Waals surface area contributed by atoms with Gasteiger partial charge in [-0.1, -0.05) is 38.5 Å². The van der Waals surface area contributed by atoms with Gasteiger partial charge in [0.2, 0.25) is 15.9 Å². The van der Waals surface area contributed by atoms with Crippen LogP contribution in [0.5, 0.6) is 0 Å². The fraction of sp³-hybridized carbons (Fsp3) is 0.684. The van der Waals surface area contributed by atoms with E-state index in [4.69, 9.17) is 0 Å². The Morgan fingerprint density at radius 3 is 2.63 bits per heavy atom. The number of hydrogen-bond acceptors (Lipinski definition) is 5. The molecule has 2 aliphatic rings. The maximum Gasteiger partial charge on any atom is 0.244 e. The van der Waals surface area contributed by atoms with Crippen LogP contribution in [-0.4, -0.2) is 48.5 Å². The van der Waals surface area contributed by atoms with Gasteiger partial charge in [-0.3, -0.25) is 4.79 Å². The van der Waals surface area contributed by atoms with Crippen molar-refractivity contribution in [2.24, 2.45) is 11.8 Å². The molecule has 3 rings (SSSR count). The summed E-state index contributed by atoms with van der Waals surface area (Å²) in [6.45, 7) is 5.62. The first kappa shape index (κ1) is 20.6. The molecular formula is C19H29N3O3S2. The van der Waals surface area contributed by atoms with Crippen LogP contribution in [0, 0.1) is 11.8 Å². The summed E-state index contributed by atoms with van der Waals surface area (Å²) >= 11 is 1.34. The van der Waals surface area contributed by atoms with Crippen molar-refractivity contribution in [3.63, 3.8) is 0 Å². The number of thioether (sulfide) groups is 1. The van der Waals surface area contributed by atoms with Crippen LogP contribution in [0.25, 0.3) is 0 Å². The molecular weight excluding hydrogens is 382 g/mol. The molecule has 0 aromatic carbocycles. The lowest BCUT2D eigenvalue weighted by molar-refractivity contribution is -0.120. The number of hydrogen-bond donors (Lipinski definition) is 1. The summed E-state index contributed by atoms with van der Waals surface area (Å²) in [7, 11) is -3.44. The van der Waals surface area contributed by atoms with E-state index in [1.54, 1.807) is 12.1 Å². The molecule has 1 aliphatic carbocycles. The lowest BCUT2D eigenvalue weighted by Crippen LogP contribution is -2.44. The largest absolute Gasteiger partial charge is 0.352 e. The molecule has 1 saturated carbocycles. The van der Waals surface area contributed by atoms with E-state index in [1.807, 2.05) is 0 Å². The number of amides is 1. The fourth-order valence-corrected chi connectivity index (χ4v) is 5.97. The van der Waals surface area contributed by atoms with E-state index in [9.17, 15) is 13.2 Å². The number of pyridine rings is 1. The van der Waals surface area contributed by atoms with Crippen LogP contribution in [0.4, 0.5) is 0 Å². The van der Waals surface area contributed by atoms with Crippen molar-refractivity contribution in [2.45, 2.75) is 61.9 Å². The van der Waals surface area contributed by atoms with Gasteiger partial charge < -0.3 is 5.32 Å². The van der Waals surface area contributed by atoms with Crippen LogP contribution in [0.2, 0.25) is 0 Å². The Bertz CT molecular complexity index is 746. The molecule has 1 aliphatic heterocycles. The van der Waals surface area contributed by atoms with Gasteiger partial charge in [0.1, 0.15) is 4.90 Å². The highest BCUT2D eigenvalue weighted by Crippen LogP contribution is 2.29. The first-order valence-electron chi connectivity index (χ1n) is 9.76. The third-order valence-electron chi connectivity index (χ3n) is 5.82. The molecule has 1 saturated heterocycles. The molecule has 0 unspecified atom stereocenters. The highest BCUT2D eigenvalue weighted by molar-refractivity contribution is 7.99. The summed E-state index contributed by atoms with van der Waals surface area (Å²) in [4.78, 5) is 16.7. The Morgan fingerprint density at radius 1 is 1.22 bits per heavy atom. The van der Waals surface area contributed by atoms with E-state index in [0.717, 1.165) is 25.7 Å². The summed E-state index contributed by atoms with van der Waals surface area (Å²) in [5.41, 5.74) is 0. The fourth-order valence-electron chi connectivity index (χ4n) is 3.86. The standard InChI is InChI=1S/C19H29N3O3S2/c1-14-6-5-7-17(15(14)2)21-18(23)13-26-19-9-8-16(12-20-19)27(24,25)22-10-3-4-11-22/h8-9,12,14-15,17H,3-7,10-11,13H2,1-2H3,(H,21,23)/t14-,15-,17-/m1/s1. The van der Waals surface area contributed by atoms with Gasteiger partial charge in [0, 0.05) is 25.3 Å². The number of sulfonamides is 1. The number of nitrogens with one attached hydrogen (secondary N) is 1. The number of carbonyl (C=O) groups is 1. The predicted molar refractivity (Wildman–Crippen MR) is 107 cm³/mol. The molecule has 1 amide bonds. The average Bonchev–Trinajstić information content (AvgIpc) is 3.20. The Morgan fingerprint density at radius 2 is 1.96 bits per heavy atom. The van der Waals surface area contributed by atoms with E-state index >= 15 is 0 Å². The zero-order chi connectivity index (χ0) is 19.4. The quantitative estimate of drug-likeness (QED) is 0.728. The number of carbonyl (C=O) groups excluding carboxylic acids is 1. The zero-order valence-corrected chi connectivity index (χ0v) is 17.7. The first-order chi connectivity index (χ1) is 12.9. The molecule has 0 radical (unpaired) electrons. The van der Waals surface area contributed by atoms with Crippen LogP contribution in [0.15, 0.2) is 28.3 Å². The summed E-state index contributed by atoms with van der Waals surface area (Å²) < 4.78 is 26.5. The van der Waals surface area contributed by atoms with E-state index < -0.39 is 10.0 Å². The SMILES string of the molecule is C[C@@H]1[C@H](C)CCC[C@H]1NC(=O)CSc1ccc(S(=O)(=O)N2CCCC2)cn1. The van der Waals surface area contributed by atoms with E-state index in [0.29, 0.717) is 35.7 Å². The average molecular weight is 412 g/mol. The Labute approximate surface area is 166 Å². The maximum atomic E-state index is 12.5. The number of nitrogens with zero attached hydrogens (tertiary/aromatic N) is 2. The van der Waals surface area contributed by atoms with Gasteiger partial charge in [0.25, 0.3) is 0 Å². The monoisotopic (exact) mass is 411 g/mol. The van der Waals surface area contributed by atoms with Gasteiger partial charge in [0.15, 0.2) is 0 Å². The minimum atomic E-state index is -3.44. The molecule has 2 fully saturated rings. The van der Waals surface area contributed by atoms with Crippen molar-refractivity contribution in [3.8, 4) is 0 Å². The molecule has 8 heteroatoms. The van der Waals surface area contributed by atoms with Crippen LogP contribution >= 0.6 is 11.8 Å². The summed E-state index contributed by atoms with van der Waals surface area (Å²) in [6, 6.07) is 3.53. The predicted octanol–water partition coefficient (Wildman–Crippen LogP) is 2.90. The summed E-state index contributed by atoms with van der Waals surface area (Å²) in [5.74, 6) is 1.45. The Kier molecular flexibility index (Phi) is 6.81. The molecule has 1 N–H and O–H groups in total. The van der Waals surface area contributed by atoms with Crippen molar-refractivity contribution in [2.75, 3.05) is 18.8 Å². The molecule has 1 aromatic rings. The van der Waals surface area contributed by atoms with Crippen molar-refractivity contribution in [1.82, 2.24) is 14.6 Å². The molecule has 0 bridgehead atoms. The zero-order valence-electron chi connectivity index (χ0n) is 16.1. The van der Waals surface area contributed by atoms with E-state index in [-0.39, 0.29) is 16.8 Å². The molecule has 0 spiro atoms. The first-order valence-corrected chi connectivity index (χ1v) is 12.2. The molecule has 150 valence electrons. The second kappa shape index (κ2) is 8.92. The van der Waals surface area contributed by atoms with Gasteiger partial charge in [-0.25, -0.2) is 13.4 Å². The molecule has 3 atom stereocenters. The van der Waals surface area contributed by atoms with Crippen LogP contribution in [0.1, 0.15) is 46.0 Å². The second-order valence-corrected chi connectivity index (χ2v) is 10.6. The third kappa shape index (κ3) is 5.03. The molecule has 27 heavy (non-hydrogen) atoms. The summed E-state index contributed by atoms with van der Waals surface area (Å²) in [6.07, 6.45) is 6.67. The van der Waals surface area contributed by atoms with Gasteiger partial charge in [-0.2, -0.15) is 4.31 Å². The number of rotatable bonds is 6. The van der Waals surface area contributed by atoms with Gasteiger partial charge in [0.05, 0.1) is 10.8 Å². The molecule has 1 aromatic heterocycles. The van der Waals surface area contributed by atoms with Crippen LogP contribution < -0.4 is 5.32 Å². The maximum absolute atomic E-state index is 12.5. The highest BCUT2D eigenvalue weighted by Gasteiger charge is 2.29. The van der Waals surface area contributed by atoms with Gasteiger partial charge in [-0.15, -0.1) is 0 Å². The third-order valence-corrected chi connectivity index (χ3v) is 8.64. The second-order valence-electron chi connectivity index (χ2n) is 7.67. The van der Waals surface area contributed by atoms with E-state index in [1.165, 1.54) is 28.7 Å². The lowest BCUT2D eigenvalue weighted by Gasteiger charge is -2.34. The topological polar surface area (TPSA) is 79.4 Å². The summed E-state index contributed by atoms with van der Waals surface area (Å²) in [5, 5.41) is 3.81. The van der Waals surface area contributed by atoms with Crippen molar-refractivity contribution >= 4 is 27.7 Å². The van der Waals surface area contributed by atoms with Crippen molar-refractivity contribution < 1.29 is 13.2 Å². The van der Waals surface area contributed by atoms with Crippen molar-refractivity contribution in [1.29, 1.82) is 0 Å². The minimum absolute atomic E-state index is 0.0153. The smallest absolute Gasteiger partial charge is 0.244 e. The van der Waals surface area contributed by atoms with Crippen molar-refractivity contribution in [3.05, 3.63) is 18.3 Å². The number of aromatic nitrogens is 1. The van der Waals surface area contributed by atoms with Crippen LogP contribution in [0.3, 0.4) is 0 Å². The minimum Gasteiger partial charge on any atom is -0.352 e. The Balaban J connectivity index is 1.52. The Hall–Kier alpha value is -1.12. The van der Waals surface area contributed by atoms with E-state index in [2.05, 4.69) is 24.1 Å². The lowest BCUT2D eigenvalue weighted by atomic mass is 9.78.